The maximum absolute atomic E-state index is 12.3. The number of aromatic nitrogens is 1. The summed E-state index contributed by atoms with van der Waals surface area (Å²) in [5.41, 5.74) is 2.52. The highest BCUT2D eigenvalue weighted by Gasteiger charge is 2.17. The zero-order valence-corrected chi connectivity index (χ0v) is 18.7. The Hall–Kier alpha value is -2.97. The average molecular weight is 459 g/mol. The lowest BCUT2D eigenvalue weighted by Gasteiger charge is -2.12. The number of anilines is 3. The molecule has 1 heterocycles. The van der Waals surface area contributed by atoms with Crippen LogP contribution in [0.15, 0.2) is 59.1 Å². The number of thioether (sulfide) groups is 1. The van der Waals surface area contributed by atoms with Crippen LogP contribution in [0.25, 0.3) is 0 Å². The first-order chi connectivity index (χ1) is 14.9. The number of rotatable bonds is 9. The number of nitrogens with zero attached hydrogens (tertiary/aromatic N) is 1. The Balaban J connectivity index is 1.45. The third kappa shape index (κ3) is 7.04. The first-order valence-corrected chi connectivity index (χ1v) is 11.1. The fraction of sp³-hybridized carbons (Fsp3) is 0.227. The van der Waals surface area contributed by atoms with E-state index in [4.69, 9.17) is 16.1 Å². The quantitative estimate of drug-likeness (QED) is 0.420. The average Bonchev–Trinajstić information content (AvgIpc) is 3.16. The van der Waals surface area contributed by atoms with Gasteiger partial charge in [-0.05, 0) is 37.6 Å². The number of carbonyl (C=O) groups is 2. The SMILES string of the molecule is Cc1cc(NC(=O)C(C)SCC(=O)Nc2ccc(NCc3ccccc3)c(Cl)c2)no1. The van der Waals surface area contributed by atoms with Gasteiger partial charge in [-0.2, -0.15) is 0 Å². The van der Waals surface area contributed by atoms with Gasteiger partial charge in [0.1, 0.15) is 5.76 Å². The molecular weight excluding hydrogens is 436 g/mol. The minimum absolute atomic E-state index is 0.123. The van der Waals surface area contributed by atoms with E-state index in [0.717, 1.165) is 11.3 Å². The fourth-order valence-electron chi connectivity index (χ4n) is 2.66. The van der Waals surface area contributed by atoms with Crippen molar-refractivity contribution in [3.8, 4) is 0 Å². The van der Waals surface area contributed by atoms with Crippen molar-refractivity contribution in [2.75, 3.05) is 21.7 Å². The van der Waals surface area contributed by atoms with E-state index in [9.17, 15) is 9.59 Å². The van der Waals surface area contributed by atoms with E-state index < -0.39 is 5.25 Å². The molecule has 0 fully saturated rings. The summed E-state index contributed by atoms with van der Waals surface area (Å²) in [5.74, 6) is 0.619. The van der Waals surface area contributed by atoms with E-state index >= 15 is 0 Å². The molecule has 3 rings (SSSR count). The van der Waals surface area contributed by atoms with Crippen molar-refractivity contribution >= 4 is 52.4 Å². The second kappa shape index (κ2) is 10.9. The molecule has 0 saturated heterocycles. The highest BCUT2D eigenvalue weighted by molar-refractivity contribution is 8.01. The van der Waals surface area contributed by atoms with E-state index in [2.05, 4.69) is 21.1 Å². The molecule has 2 amide bonds. The van der Waals surface area contributed by atoms with Gasteiger partial charge in [0.05, 0.1) is 21.7 Å². The summed E-state index contributed by atoms with van der Waals surface area (Å²) in [6, 6.07) is 16.9. The Morgan fingerprint density at radius 3 is 2.58 bits per heavy atom. The largest absolute Gasteiger partial charge is 0.380 e. The Morgan fingerprint density at radius 2 is 1.90 bits per heavy atom. The van der Waals surface area contributed by atoms with Crippen LogP contribution < -0.4 is 16.0 Å². The number of carbonyl (C=O) groups excluding carboxylic acids is 2. The molecule has 7 nitrogen and oxygen atoms in total. The van der Waals surface area contributed by atoms with Crippen molar-refractivity contribution in [2.24, 2.45) is 0 Å². The molecule has 1 atom stereocenters. The topological polar surface area (TPSA) is 96.3 Å². The number of benzene rings is 2. The second-order valence-electron chi connectivity index (χ2n) is 6.85. The predicted octanol–water partition coefficient (Wildman–Crippen LogP) is 4.95. The van der Waals surface area contributed by atoms with Gasteiger partial charge in [-0.3, -0.25) is 9.59 Å². The molecule has 0 saturated carbocycles. The van der Waals surface area contributed by atoms with Crippen molar-refractivity contribution in [3.05, 3.63) is 70.9 Å². The molecule has 1 aromatic heterocycles. The van der Waals surface area contributed by atoms with Crippen LogP contribution in [0.1, 0.15) is 18.2 Å². The molecule has 162 valence electrons. The van der Waals surface area contributed by atoms with Crippen molar-refractivity contribution in [2.45, 2.75) is 25.6 Å². The van der Waals surface area contributed by atoms with Gasteiger partial charge in [-0.1, -0.05) is 47.1 Å². The van der Waals surface area contributed by atoms with Crippen LogP contribution >= 0.6 is 23.4 Å². The number of halogens is 1. The van der Waals surface area contributed by atoms with Crippen LogP contribution in [0.2, 0.25) is 5.02 Å². The van der Waals surface area contributed by atoms with E-state index in [0.29, 0.717) is 28.8 Å². The lowest BCUT2D eigenvalue weighted by molar-refractivity contribution is -0.115. The highest BCUT2D eigenvalue weighted by Crippen LogP contribution is 2.26. The number of hydrogen-bond donors (Lipinski definition) is 3. The van der Waals surface area contributed by atoms with Crippen molar-refractivity contribution in [3.63, 3.8) is 0 Å². The molecule has 1 unspecified atom stereocenters. The van der Waals surface area contributed by atoms with Gasteiger partial charge in [0.15, 0.2) is 5.82 Å². The monoisotopic (exact) mass is 458 g/mol. The zero-order chi connectivity index (χ0) is 22.2. The summed E-state index contributed by atoms with van der Waals surface area (Å²) >= 11 is 7.56. The van der Waals surface area contributed by atoms with Crippen LogP contribution in [-0.2, 0) is 16.1 Å². The van der Waals surface area contributed by atoms with Crippen molar-refractivity contribution in [1.29, 1.82) is 0 Å². The Labute approximate surface area is 189 Å². The Bertz CT molecular complexity index is 1040. The number of aryl methyl sites for hydroxylation is 1. The Kier molecular flexibility index (Phi) is 7.97. The lowest BCUT2D eigenvalue weighted by atomic mass is 10.2. The van der Waals surface area contributed by atoms with Crippen LogP contribution in [0, 0.1) is 6.92 Å². The Morgan fingerprint density at radius 1 is 1.13 bits per heavy atom. The van der Waals surface area contributed by atoms with E-state index in [1.165, 1.54) is 11.8 Å². The minimum Gasteiger partial charge on any atom is -0.380 e. The standard InChI is InChI=1S/C22H23ClN4O3S/c1-14-10-20(27-30-14)26-22(29)15(2)31-13-21(28)25-17-8-9-19(18(23)11-17)24-12-16-6-4-3-5-7-16/h3-11,15,24H,12-13H2,1-2H3,(H,25,28)(H,26,27,29). The predicted molar refractivity (Wildman–Crippen MR) is 126 cm³/mol. The number of amides is 2. The summed E-state index contributed by atoms with van der Waals surface area (Å²) in [5, 5.41) is 12.5. The van der Waals surface area contributed by atoms with Crippen molar-refractivity contribution < 1.29 is 14.1 Å². The molecule has 0 aliphatic carbocycles. The van der Waals surface area contributed by atoms with E-state index in [1.807, 2.05) is 36.4 Å². The molecule has 3 aromatic rings. The summed E-state index contributed by atoms with van der Waals surface area (Å²) in [7, 11) is 0. The first kappa shape index (κ1) is 22.7. The molecule has 0 aliphatic rings. The third-order valence-electron chi connectivity index (χ3n) is 4.29. The maximum Gasteiger partial charge on any atom is 0.238 e. The molecular formula is C22H23ClN4O3S. The molecule has 9 heteroatoms. The van der Waals surface area contributed by atoms with Gasteiger partial charge in [0.25, 0.3) is 0 Å². The van der Waals surface area contributed by atoms with Gasteiger partial charge in [-0.25, -0.2) is 0 Å². The molecule has 0 bridgehead atoms. The maximum atomic E-state index is 12.3. The molecule has 2 aromatic carbocycles. The fourth-order valence-corrected chi connectivity index (χ4v) is 3.59. The smallest absolute Gasteiger partial charge is 0.238 e. The number of nitrogens with one attached hydrogen (secondary N) is 3. The van der Waals surface area contributed by atoms with E-state index in [-0.39, 0.29) is 17.6 Å². The summed E-state index contributed by atoms with van der Waals surface area (Å²) in [4.78, 5) is 24.4. The summed E-state index contributed by atoms with van der Waals surface area (Å²) in [6.07, 6.45) is 0. The lowest BCUT2D eigenvalue weighted by Crippen LogP contribution is -2.25. The molecule has 0 radical (unpaired) electrons. The zero-order valence-electron chi connectivity index (χ0n) is 17.1. The number of hydrogen-bond acceptors (Lipinski definition) is 6. The first-order valence-electron chi connectivity index (χ1n) is 9.63. The van der Waals surface area contributed by atoms with Crippen LogP contribution in [-0.4, -0.2) is 28.0 Å². The van der Waals surface area contributed by atoms with Gasteiger partial charge in [0, 0.05) is 18.3 Å². The molecule has 0 spiro atoms. The second-order valence-corrected chi connectivity index (χ2v) is 8.58. The van der Waals surface area contributed by atoms with Gasteiger partial charge >= 0.3 is 0 Å². The van der Waals surface area contributed by atoms with Crippen LogP contribution in [0.5, 0.6) is 0 Å². The van der Waals surface area contributed by atoms with Crippen LogP contribution in [0.3, 0.4) is 0 Å². The normalized spacial score (nSPS) is 11.6. The third-order valence-corrected chi connectivity index (χ3v) is 5.75. The summed E-state index contributed by atoms with van der Waals surface area (Å²) < 4.78 is 4.91. The molecule has 31 heavy (non-hydrogen) atoms. The van der Waals surface area contributed by atoms with Gasteiger partial charge in [0.2, 0.25) is 11.8 Å². The van der Waals surface area contributed by atoms with Crippen molar-refractivity contribution in [1.82, 2.24) is 5.16 Å². The molecule has 0 aliphatic heterocycles. The summed E-state index contributed by atoms with van der Waals surface area (Å²) in [6.45, 7) is 4.12. The van der Waals surface area contributed by atoms with Gasteiger partial charge in [-0.15, -0.1) is 11.8 Å². The molecule has 3 N–H and O–H groups in total. The van der Waals surface area contributed by atoms with Gasteiger partial charge < -0.3 is 20.5 Å². The minimum atomic E-state index is -0.434. The highest BCUT2D eigenvalue weighted by atomic mass is 35.5. The van der Waals surface area contributed by atoms with Crippen LogP contribution in [0.4, 0.5) is 17.2 Å². The van der Waals surface area contributed by atoms with E-state index in [1.54, 1.807) is 32.0 Å².